The third-order valence-corrected chi connectivity index (χ3v) is 7.58. The number of benzene rings is 1. The van der Waals surface area contributed by atoms with Gasteiger partial charge in [0, 0.05) is 18.0 Å². The van der Waals surface area contributed by atoms with Crippen LogP contribution in [0.2, 0.25) is 0 Å². The second-order valence-electron chi connectivity index (χ2n) is 10.0. The van der Waals surface area contributed by atoms with Gasteiger partial charge in [-0.2, -0.15) is 4.98 Å². The van der Waals surface area contributed by atoms with E-state index in [1.54, 1.807) is 6.20 Å². The molecule has 1 amide bonds. The number of fused-ring (bicyclic) bond motifs is 1. The van der Waals surface area contributed by atoms with Crippen molar-refractivity contribution in [2.24, 2.45) is 17.6 Å². The van der Waals surface area contributed by atoms with Gasteiger partial charge in [0.25, 0.3) is 0 Å². The Morgan fingerprint density at radius 2 is 1.83 bits per heavy atom. The van der Waals surface area contributed by atoms with Crippen molar-refractivity contribution in [3.05, 3.63) is 36.0 Å². The number of anilines is 3. The number of carbonyl (C=O) groups excluding carboxylic acids is 1. The van der Waals surface area contributed by atoms with Gasteiger partial charge in [-0.3, -0.25) is 9.36 Å². The summed E-state index contributed by atoms with van der Waals surface area (Å²) in [4.78, 5) is 25.4. The summed E-state index contributed by atoms with van der Waals surface area (Å²) in [6, 6.07) is 3.61. The summed E-state index contributed by atoms with van der Waals surface area (Å²) in [6.07, 6.45) is 6.14. The number of amides is 1. The largest absolute Gasteiger partial charge is 0.393 e. The van der Waals surface area contributed by atoms with Crippen LogP contribution in [-0.4, -0.2) is 42.7 Å². The molecule has 192 valence electrons. The summed E-state index contributed by atoms with van der Waals surface area (Å²) >= 11 is 0. The number of carbonyl (C=O) groups is 1. The van der Waals surface area contributed by atoms with E-state index < -0.39 is 11.6 Å². The number of aliphatic hydroxyl groups excluding tert-OH is 1. The fourth-order valence-electron chi connectivity index (χ4n) is 5.35. The van der Waals surface area contributed by atoms with Gasteiger partial charge in [-0.15, -0.1) is 0 Å². The van der Waals surface area contributed by atoms with Crippen LogP contribution >= 0.6 is 0 Å². The molecule has 0 spiro atoms. The highest BCUT2D eigenvalue weighted by atomic mass is 19.1. The highest BCUT2D eigenvalue weighted by molar-refractivity contribution is 5.78. The highest BCUT2D eigenvalue weighted by Crippen LogP contribution is 2.37. The van der Waals surface area contributed by atoms with Gasteiger partial charge < -0.3 is 21.5 Å². The molecule has 3 aromatic rings. The maximum Gasteiger partial charge on any atom is 0.224 e. The summed E-state index contributed by atoms with van der Waals surface area (Å²) in [7, 11) is 0. The van der Waals surface area contributed by atoms with E-state index >= 15 is 0 Å². The monoisotopic (exact) mass is 499 g/mol. The van der Waals surface area contributed by atoms with Gasteiger partial charge >= 0.3 is 0 Å². The normalized spacial score (nSPS) is 26.6. The highest BCUT2D eigenvalue weighted by Gasteiger charge is 2.30. The lowest BCUT2D eigenvalue weighted by molar-refractivity contribution is -0.122. The number of nitrogens with zero attached hydrogens (tertiary/aromatic N) is 4. The van der Waals surface area contributed by atoms with Gasteiger partial charge in [0.1, 0.15) is 22.8 Å². The Hall–Kier alpha value is -3.34. The van der Waals surface area contributed by atoms with Crippen molar-refractivity contribution in [1.82, 2.24) is 19.5 Å². The van der Waals surface area contributed by atoms with E-state index in [0.29, 0.717) is 49.2 Å². The third-order valence-electron chi connectivity index (χ3n) is 7.58. The van der Waals surface area contributed by atoms with Crippen LogP contribution in [0.5, 0.6) is 0 Å². The SMILES string of the molecule is C[C@@H]1CC[C@@H](Nc2ncc3nc(Nc4c(F)cccc4F)n([C@H]4CC[C@@H](C(N)=O)CC4)c3n2)CC1O. The molecule has 0 bridgehead atoms. The van der Waals surface area contributed by atoms with Crippen LogP contribution < -0.4 is 16.4 Å². The summed E-state index contributed by atoms with van der Waals surface area (Å²) in [6.45, 7) is 2.04. The number of nitrogens with two attached hydrogens (primary N) is 1. The Bertz CT molecular complexity index is 1240. The minimum absolute atomic E-state index is 0.0427. The summed E-state index contributed by atoms with van der Waals surface area (Å²) in [5.41, 5.74) is 6.23. The van der Waals surface area contributed by atoms with Crippen LogP contribution in [0.4, 0.5) is 26.4 Å². The van der Waals surface area contributed by atoms with Crippen LogP contribution in [0.25, 0.3) is 11.2 Å². The molecule has 36 heavy (non-hydrogen) atoms. The van der Waals surface area contributed by atoms with Gasteiger partial charge in [-0.25, -0.2) is 18.7 Å². The van der Waals surface area contributed by atoms with Gasteiger partial charge in [0.2, 0.25) is 17.8 Å². The van der Waals surface area contributed by atoms with Crippen LogP contribution in [0.1, 0.15) is 57.9 Å². The van der Waals surface area contributed by atoms with E-state index in [-0.39, 0.29) is 47.6 Å². The average Bonchev–Trinajstić information content (AvgIpc) is 3.21. The van der Waals surface area contributed by atoms with E-state index in [9.17, 15) is 18.7 Å². The molecule has 2 fully saturated rings. The van der Waals surface area contributed by atoms with E-state index in [1.165, 1.54) is 18.2 Å². The van der Waals surface area contributed by atoms with E-state index in [2.05, 4.69) is 20.6 Å². The molecule has 5 rings (SSSR count). The molecule has 1 aromatic carbocycles. The molecule has 0 radical (unpaired) electrons. The zero-order valence-corrected chi connectivity index (χ0v) is 20.1. The maximum atomic E-state index is 14.4. The minimum atomic E-state index is -0.732. The fraction of sp³-hybridized carbons (Fsp3) is 0.520. The van der Waals surface area contributed by atoms with Crippen molar-refractivity contribution in [3.8, 4) is 0 Å². The first-order chi connectivity index (χ1) is 17.3. The molecule has 1 unspecified atom stereocenters. The Morgan fingerprint density at radius 1 is 1.11 bits per heavy atom. The number of hydrogen-bond donors (Lipinski definition) is 4. The molecular weight excluding hydrogens is 468 g/mol. The molecular formula is C25H31F2N7O2. The van der Waals surface area contributed by atoms with Crippen molar-refractivity contribution in [2.75, 3.05) is 10.6 Å². The Kier molecular flexibility index (Phi) is 6.74. The predicted octanol–water partition coefficient (Wildman–Crippen LogP) is 4.03. The maximum absolute atomic E-state index is 14.4. The molecule has 9 nitrogen and oxygen atoms in total. The van der Waals surface area contributed by atoms with Gasteiger partial charge in [0.05, 0.1) is 12.3 Å². The lowest BCUT2D eigenvalue weighted by Gasteiger charge is -2.31. The van der Waals surface area contributed by atoms with E-state index in [0.717, 1.165) is 12.8 Å². The number of hydrogen-bond acceptors (Lipinski definition) is 7. The van der Waals surface area contributed by atoms with Crippen molar-refractivity contribution >= 4 is 34.7 Å². The summed E-state index contributed by atoms with van der Waals surface area (Å²) in [5, 5.41) is 16.4. The molecule has 2 aliphatic carbocycles. The topological polar surface area (TPSA) is 131 Å². The molecule has 2 saturated carbocycles. The smallest absolute Gasteiger partial charge is 0.224 e. The molecule has 2 aliphatic rings. The number of imidazole rings is 1. The third kappa shape index (κ3) is 4.84. The predicted molar refractivity (Wildman–Crippen MR) is 132 cm³/mol. The zero-order chi connectivity index (χ0) is 25.4. The first kappa shape index (κ1) is 24.4. The van der Waals surface area contributed by atoms with Crippen LogP contribution in [0.3, 0.4) is 0 Å². The number of para-hydroxylation sites is 1. The Morgan fingerprint density at radius 3 is 2.50 bits per heavy atom. The van der Waals surface area contributed by atoms with E-state index in [1.807, 2.05) is 11.5 Å². The fourth-order valence-corrected chi connectivity index (χ4v) is 5.35. The zero-order valence-electron chi connectivity index (χ0n) is 20.1. The van der Waals surface area contributed by atoms with Gasteiger partial charge in [0.15, 0.2) is 5.65 Å². The van der Waals surface area contributed by atoms with Crippen molar-refractivity contribution in [1.29, 1.82) is 0 Å². The summed E-state index contributed by atoms with van der Waals surface area (Å²) in [5.74, 6) is -1.04. The van der Waals surface area contributed by atoms with Gasteiger partial charge in [-0.05, 0) is 63.0 Å². The van der Waals surface area contributed by atoms with Crippen molar-refractivity contribution in [2.45, 2.75) is 70.1 Å². The first-order valence-corrected chi connectivity index (χ1v) is 12.5. The van der Waals surface area contributed by atoms with Gasteiger partial charge in [-0.1, -0.05) is 13.0 Å². The first-order valence-electron chi connectivity index (χ1n) is 12.5. The number of halogens is 2. The molecule has 11 heteroatoms. The standard InChI is InChI=1S/C25H31F2N7O2/c1-13-5-8-15(11-20(13)35)30-24-29-12-19-23(33-24)34(16-9-6-14(7-10-16)22(28)36)25(31-19)32-21-17(26)3-2-4-18(21)27/h2-4,12-16,20,35H,5-11H2,1H3,(H2,28,36)(H,31,32)(H,29,30,33)/t13-,14-,15-,16+,20?/m1/s1. The van der Waals surface area contributed by atoms with Crippen molar-refractivity contribution < 1.29 is 18.7 Å². The molecule has 3 atom stereocenters. The number of primary amides is 1. The van der Waals surface area contributed by atoms with Crippen LogP contribution in [-0.2, 0) is 4.79 Å². The van der Waals surface area contributed by atoms with Crippen LogP contribution in [0, 0.1) is 23.5 Å². The second-order valence-corrected chi connectivity index (χ2v) is 10.0. The minimum Gasteiger partial charge on any atom is -0.393 e. The lowest BCUT2D eigenvalue weighted by atomic mass is 9.85. The lowest BCUT2D eigenvalue weighted by Crippen LogP contribution is -2.35. The molecule has 2 aromatic heterocycles. The molecule has 5 N–H and O–H groups in total. The number of nitrogens with one attached hydrogen (secondary N) is 2. The molecule has 0 saturated heterocycles. The second kappa shape index (κ2) is 9.96. The average molecular weight is 500 g/mol. The van der Waals surface area contributed by atoms with Crippen molar-refractivity contribution in [3.63, 3.8) is 0 Å². The number of aliphatic hydroxyl groups is 1. The Labute approximate surface area is 207 Å². The molecule has 0 aliphatic heterocycles. The number of rotatable bonds is 6. The number of aromatic nitrogens is 4. The molecule has 2 heterocycles. The van der Waals surface area contributed by atoms with E-state index in [4.69, 9.17) is 10.7 Å². The quantitative estimate of drug-likeness (QED) is 0.403. The van der Waals surface area contributed by atoms with Crippen LogP contribution in [0.15, 0.2) is 24.4 Å². The Balaban J connectivity index is 1.49. The summed E-state index contributed by atoms with van der Waals surface area (Å²) < 4.78 is 30.7.